The Bertz CT molecular complexity index is 981. The lowest BCUT2D eigenvalue weighted by Gasteiger charge is -2.12. The van der Waals surface area contributed by atoms with Crippen molar-refractivity contribution in [2.45, 2.75) is 11.8 Å². The van der Waals surface area contributed by atoms with Crippen LogP contribution in [0.25, 0.3) is 0 Å². The quantitative estimate of drug-likeness (QED) is 0.561. The molecule has 9 nitrogen and oxygen atoms in total. The van der Waals surface area contributed by atoms with Gasteiger partial charge < -0.3 is 14.8 Å². The van der Waals surface area contributed by atoms with Crippen molar-refractivity contribution in [1.82, 2.24) is 10.3 Å². The zero-order valence-electron chi connectivity index (χ0n) is 15.0. The molecule has 11 heteroatoms. The van der Waals surface area contributed by atoms with E-state index in [2.05, 4.69) is 5.32 Å². The van der Waals surface area contributed by atoms with Crippen molar-refractivity contribution in [3.63, 3.8) is 0 Å². The van der Waals surface area contributed by atoms with Crippen LogP contribution in [-0.4, -0.2) is 33.9 Å². The molecular formula is C17H18FN3O6S. The Balaban J connectivity index is 1.99. The molecule has 0 heterocycles. The van der Waals surface area contributed by atoms with Gasteiger partial charge in [-0.2, -0.15) is 0 Å². The number of sulfonamides is 1. The molecule has 0 spiro atoms. The molecule has 2 aromatic rings. The molecule has 3 N–H and O–H groups in total. The second-order valence-corrected chi connectivity index (χ2v) is 7.13. The van der Waals surface area contributed by atoms with Crippen LogP contribution in [0.2, 0.25) is 0 Å². The van der Waals surface area contributed by atoms with E-state index in [1.807, 2.05) is 10.3 Å². The summed E-state index contributed by atoms with van der Waals surface area (Å²) in [7, 11) is -2.80. The second-order valence-electron chi connectivity index (χ2n) is 5.44. The van der Waals surface area contributed by atoms with Crippen molar-refractivity contribution < 1.29 is 31.9 Å². The highest BCUT2D eigenvalue weighted by atomic mass is 32.2. The van der Waals surface area contributed by atoms with E-state index in [-0.39, 0.29) is 22.3 Å². The third-order valence-electron chi connectivity index (χ3n) is 3.28. The smallest absolute Gasteiger partial charge is 0.272 e. The molecule has 2 rings (SSSR count). The number of halogens is 1. The van der Waals surface area contributed by atoms with Gasteiger partial charge in [0.15, 0.2) is 6.61 Å². The van der Waals surface area contributed by atoms with Crippen LogP contribution in [0.15, 0.2) is 47.4 Å². The van der Waals surface area contributed by atoms with Crippen LogP contribution >= 0.6 is 0 Å². The topological polar surface area (TPSA) is 123 Å². The van der Waals surface area contributed by atoms with Gasteiger partial charge in [0.2, 0.25) is 5.91 Å². The molecule has 0 radical (unpaired) electrons. The molecule has 0 bridgehead atoms. The molecule has 2 amide bonds. The Hall–Kier alpha value is -3.18. The number of hydrogen-bond donors (Lipinski definition) is 3. The molecular weight excluding hydrogens is 393 g/mol. The van der Waals surface area contributed by atoms with Gasteiger partial charge in [-0.15, -0.1) is 4.83 Å². The molecule has 0 saturated heterocycles. The van der Waals surface area contributed by atoms with Crippen LogP contribution < -0.4 is 25.0 Å². The molecule has 0 atom stereocenters. The summed E-state index contributed by atoms with van der Waals surface area (Å²) in [5.41, 5.74) is 2.28. The first kappa shape index (κ1) is 21.1. The Morgan fingerprint density at radius 1 is 1.14 bits per heavy atom. The summed E-state index contributed by atoms with van der Waals surface area (Å²) in [6.07, 6.45) is 0. The van der Waals surface area contributed by atoms with Gasteiger partial charge in [-0.3, -0.25) is 15.0 Å². The Morgan fingerprint density at radius 2 is 1.89 bits per heavy atom. The van der Waals surface area contributed by atoms with Gasteiger partial charge in [0.05, 0.1) is 17.7 Å². The molecule has 0 aliphatic rings. The molecule has 0 aliphatic carbocycles. The summed E-state index contributed by atoms with van der Waals surface area (Å²) in [5.74, 6) is -1.43. The normalized spacial score (nSPS) is 10.8. The molecule has 150 valence electrons. The standard InChI is InChI=1S/C17H18FN3O6S/c1-11(22)19-15-7-6-14(9-16(15)26-2)28(24,25)21-20-17(23)10-27-13-5-3-4-12(18)8-13/h3-9,21H,10H2,1-2H3,(H,19,22)(H,20,23). The lowest BCUT2D eigenvalue weighted by atomic mass is 10.3. The number of amides is 2. The number of carbonyl (C=O) groups excluding carboxylic acids is 2. The van der Waals surface area contributed by atoms with Crippen molar-refractivity contribution in [3.8, 4) is 11.5 Å². The number of nitrogens with one attached hydrogen (secondary N) is 3. The van der Waals surface area contributed by atoms with Gasteiger partial charge >= 0.3 is 0 Å². The predicted octanol–water partition coefficient (Wildman–Crippen LogP) is 1.18. The lowest BCUT2D eigenvalue weighted by Crippen LogP contribution is -2.43. The number of hydrogen-bond acceptors (Lipinski definition) is 6. The molecule has 0 unspecified atom stereocenters. The molecule has 0 fully saturated rings. The van der Waals surface area contributed by atoms with Gasteiger partial charge in [-0.1, -0.05) is 6.07 Å². The fourth-order valence-corrected chi connectivity index (χ4v) is 2.93. The van der Waals surface area contributed by atoms with E-state index >= 15 is 0 Å². The van der Waals surface area contributed by atoms with E-state index in [0.29, 0.717) is 5.69 Å². The first-order chi connectivity index (χ1) is 13.2. The maximum atomic E-state index is 13.0. The van der Waals surface area contributed by atoms with E-state index in [9.17, 15) is 22.4 Å². The number of rotatable bonds is 8. The van der Waals surface area contributed by atoms with Crippen molar-refractivity contribution in [2.24, 2.45) is 0 Å². The lowest BCUT2D eigenvalue weighted by molar-refractivity contribution is -0.123. The minimum absolute atomic E-state index is 0.122. The Labute approximate surface area is 160 Å². The van der Waals surface area contributed by atoms with Crippen molar-refractivity contribution in [2.75, 3.05) is 19.0 Å². The Morgan fingerprint density at radius 3 is 2.54 bits per heavy atom. The van der Waals surface area contributed by atoms with Crippen molar-refractivity contribution in [3.05, 3.63) is 48.3 Å². The molecule has 0 aromatic heterocycles. The summed E-state index contributed by atoms with van der Waals surface area (Å²) in [6.45, 7) is 0.768. The maximum absolute atomic E-state index is 13.0. The third kappa shape index (κ3) is 5.93. The SMILES string of the molecule is COc1cc(S(=O)(=O)NNC(=O)COc2cccc(F)c2)ccc1NC(C)=O. The van der Waals surface area contributed by atoms with Crippen LogP contribution in [0.3, 0.4) is 0 Å². The van der Waals surface area contributed by atoms with E-state index < -0.39 is 28.4 Å². The molecule has 28 heavy (non-hydrogen) atoms. The summed E-state index contributed by atoms with van der Waals surface area (Å²) in [6, 6.07) is 8.91. The zero-order chi connectivity index (χ0) is 20.7. The fraction of sp³-hybridized carbons (Fsp3) is 0.176. The highest BCUT2D eigenvalue weighted by Gasteiger charge is 2.18. The Kier molecular flexibility index (Phi) is 6.90. The maximum Gasteiger partial charge on any atom is 0.272 e. The van der Waals surface area contributed by atoms with Crippen LogP contribution in [0.5, 0.6) is 11.5 Å². The van der Waals surface area contributed by atoms with Crippen molar-refractivity contribution in [1.29, 1.82) is 0 Å². The first-order valence-electron chi connectivity index (χ1n) is 7.86. The van der Waals surface area contributed by atoms with E-state index in [4.69, 9.17) is 9.47 Å². The number of ether oxygens (including phenoxy) is 2. The average molecular weight is 411 g/mol. The minimum atomic E-state index is -4.11. The highest BCUT2D eigenvalue weighted by Crippen LogP contribution is 2.27. The van der Waals surface area contributed by atoms with E-state index in [1.165, 1.54) is 50.4 Å². The zero-order valence-corrected chi connectivity index (χ0v) is 15.8. The summed E-state index contributed by atoms with van der Waals surface area (Å²) in [5, 5.41) is 2.50. The van der Waals surface area contributed by atoms with Crippen LogP contribution in [0.4, 0.5) is 10.1 Å². The van der Waals surface area contributed by atoms with Gasteiger partial charge in [-0.25, -0.2) is 12.8 Å². The van der Waals surface area contributed by atoms with Crippen LogP contribution in [0, 0.1) is 5.82 Å². The second kappa shape index (κ2) is 9.15. The number of benzene rings is 2. The van der Waals surface area contributed by atoms with Gasteiger partial charge in [0, 0.05) is 19.1 Å². The number of carbonyl (C=O) groups is 2. The van der Waals surface area contributed by atoms with Crippen LogP contribution in [0.1, 0.15) is 6.92 Å². The molecule has 2 aromatic carbocycles. The van der Waals surface area contributed by atoms with Gasteiger partial charge in [0.25, 0.3) is 15.9 Å². The van der Waals surface area contributed by atoms with E-state index in [0.717, 1.165) is 6.07 Å². The largest absolute Gasteiger partial charge is 0.495 e. The number of methoxy groups -OCH3 is 1. The summed E-state index contributed by atoms with van der Waals surface area (Å²) in [4.78, 5) is 24.6. The van der Waals surface area contributed by atoms with Gasteiger partial charge in [0.1, 0.15) is 17.3 Å². The molecule has 0 aliphatic heterocycles. The average Bonchev–Trinajstić information content (AvgIpc) is 2.64. The highest BCUT2D eigenvalue weighted by molar-refractivity contribution is 7.89. The number of anilines is 1. The summed E-state index contributed by atoms with van der Waals surface area (Å²) < 4.78 is 47.8. The first-order valence-corrected chi connectivity index (χ1v) is 9.34. The number of hydrazine groups is 1. The summed E-state index contributed by atoms with van der Waals surface area (Å²) >= 11 is 0. The third-order valence-corrected chi connectivity index (χ3v) is 4.53. The monoisotopic (exact) mass is 411 g/mol. The van der Waals surface area contributed by atoms with Crippen LogP contribution in [-0.2, 0) is 19.6 Å². The van der Waals surface area contributed by atoms with Gasteiger partial charge in [-0.05, 0) is 24.3 Å². The van der Waals surface area contributed by atoms with Crippen molar-refractivity contribution >= 4 is 27.5 Å². The minimum Gasteiger partial charge on any atom is -0.495 e. The predicted molar refractivity (Wildman–Crippen MR) is 97.7 cm³/mol. The fourth-order valence-electron chi connectivity index (χ4n) is 2.06. The van der Waals surface area contributed by atoms with E-state index in [1.54, 1.807) is 0 Å². The molecule has 0 saturated carbocycles.